The zero-order valence-corrected chi connectivity index (χ0v) is 17.1. The molecule has 5 nitrogen and oxygen atoms in total. The largest absolute Gasteiger partial charge is 0.381 e. The van der Waals surface area contributed by atoms with Crippen molar-refractivity contribution < 1.29 is 4.74 Å². The van der Waals surface area contributed by atoms with E-state index in [9.17, 15) is 0 Å². The van der Waals surface area contributed by atoms with Crippen molar-refractivity contribution in [1.82, 2.24) is 15.1 Å². The molecule has 1 aromatic carbocycles. The summed E-state index contributed by atoms with van der Waals surface area (Å²) in [5.41, 5.74) is 2.72. The first-order chi connectivity index (χ1) is 13.2. The molecule has 2 heterocycles. The van der Waals surface area contributed by atoms with Gasteiger partial charge in [-0.2, -0.15) is 0 Å². The summed E-state index contributed by atoms with van der Waals surface area (Å²) in [6, 6.07) is 9.03. The van der Waals surface area contributed by atoms with Crippen LogP contribution in [-0.2, 0) is 17.8 Å². The highest BCUT2D eigenvalue weighted by Crippen LogP contribution is 2.18. The first kappa shape index (κ1) is 20.2. The van der Waals surface area contributed by atoms with Crippen LogP contribution < -0.4 is 5.32 Å². The van der Waals surface area contributed by atoms with Gasteiger partial charge in [0.2, 0.25) is 0 Å². The Bertz CT molecular complexity index is 574. The van der Waals surface area contributed by atoms with Crippen LogP contribution in [0.3, 0.4) is 0 Å². The number of nitrogens with one attached hydrogen (secondary N) is 1. The summed E-state index contributed by atoms with van der Waals surface area (Å²) in [6.07, 6.45) is 6.31. The molecule has 0 aliphatic carbocycles. The number of rotatable bonds is 7. The molecule has 2 saturated heterocycles. The van der Waals surface area contributed by atoms with Crippen molar-refractivity contribution in [2.24, 2.45) is 10.9 Å². The Labute approximate surface area is 164 Å². The minimum absolute atomic E-state index is 0.794. The van der Waals surface area contributed by atoms with Gasteiger partial charge in [-0.05, 0) is 62.2 Å². The predicted octanol–water partition coefficient (Wildman–Crippen LogP) is 3.11. The van der Waals surface area contributed by atoms with Crippen LogP contribution in [-0.4, -0.2) is 62.7 Å². The Morgan fingerprint density at radius 3 is 2.48 bits per heavy atom. The summed E-state index contributed by atoms with van der Waals surface area (Å²) in [5, 5.41) is 3.51. The predicted molar refractivity (Wildman–Crippen MR) is 112 cm³/mol. The third-order valence-electron chi connectivity index (χ3n) is 5.87. The van der Waals surface area contributed by atoms with Crippen molar-refractivity contribution in [2.75, 3.05) is 46.9 Å². The molecule has 0 atom stereocenters. The second-order valence-electron chi connectivity index (χ2n) is 7.97. The maximum absolute atomic E-state index is 5.46. The van der Waals surface area contributed by atoms with E-state index in [2.05, 4.69) is 51.4 Å². The van der Waals surface area contributed by atoms with Gasteiger partial charge in [0.15, 0.2) is 5.96 Å². The van der Waals surface area contributed by atoms with Gasteiger partial charge >= 0.3 is 0 Å². The van der Waals surface area contributed by atoms with E-state index in [1.165, 1.54) is 56.3 Å². The normalized spacial score (nSPS) is 19.4. The SMILES string of the molecule is CN=C(NCc1ccc(CN2CCCC2)cc1)N(C)CCC1CCOCC1. The zero-order valence-electron chi connectivity index (χ0n) is 17.1. The molecule has 0 unspecified atom stereocenters. The van der Waals surface area contributed by atoms with Gasteiger partial charge < -0.3 is 15.0 Å². The third kappa shape index (κ3) is 6.51. The molecule has 0 amide bonds. The van der Waals surface area contributed by atoms with Crippen LogP contribution in [0, 0.1) is 5.92 Å². The summed E-state index contributed by atoms with van der Waals surface area (Å²) < 4.78 is 5.46. The van der Waals surface area contributed by atoms with Crippen molar-refractivity contribution in [1.29, 1.82) is 0 Å². The number of likely N-dealkylation sites (tertiary alicyclic amines) is 1. The molecule has 0 aromatic heterocycles. The smallest absolute Gasteiger partial charge is 0.193 e. The number of guanidine groups is 1. The van der Waals surface area contributed by atoms with Gasteiger partial charge in [-0.3, -0.25) is 9.89 Å². The van der Waals surface area contributed by atoms with Crippen molar-refractivity contribution in [3.63, 3.8) is 0 Å². The molecule has 2 fully saturated rings. The third-order valence-corrected chi connectivity index (χ3v) is 5.87. The molecular formula is C22H36N4O. The number of ether oxygens (including phenoxy) is 1. The van der Waals surface area contributed by atoms with Gasteiger partial charge in [0.05, 0.1) is 0 Å². The number of nitrogens with zero attached hydrogens (tertiary/aromatic N) is 3. The van der Waals surface area contributed by atoms with E-state index < -0.39 is 0 Å². The van der Waals surface area contributed by atoms with Gasteiger partial charge in [-0.25, -0.2) is 0 Å². The Morgan fingerprint density at radius 1 is 1.15 bits per heavy atom. The van der Waals surface area contributed by atoms with E-state index in [1.54, 1.807) is 0 Å². The topological polar surface area (TPSA) is 40.1 Å². The first-order valence-electron chi connectivity index (χ1n) is 10.5. The van der Waals surface area contributed by atoms with E-state index in [4.69, 9.17) is 4.74 Å². The lowest BCUT2D eigenvalue weighted by Gasteiger charge is -2.27. The molecule has 0 radical (unpaired) electrons. The monoisotopic (exact) mass is 372 g/mol. The molecule has 3 rings (SSSR count). The van der Waals surface area contributed by atoms with Crippen LogP contribution in [0.5, 0.6) is 0 Å². The van der Waals surface area contributed by atoms with Crippen LogP contribution in [0.2, 0.25) is 0 Å². The fourth-order valence-electron chi connectivity index (χ4n) is 4.04. The molecule has 0 saturated carbocycles. The van der Waals surface area contributed by atoms with Crippen molar-refractivity contribution in [3.8, 4) is 0 Å². The Balaban J connectivity index is 1.41. The number of hydrogen-bond donors (Lipinski definition) is 1. The van der Waals surface area contributed by atoms with Crippen LogP contribution in [0.15, 0.2) is 29.3 Å². The van der Waals surface area contributed by atoms with Gasteiger partial charge in [0.1, 0.15) is 0 Å². The minimum Gasteiger partial charge on any atom is -0.381 e. The van der Waals surface area contributed by atoms with Crippen LogP contribution in [0.1, 0.15) is 43.2 Å². The van der Waals surface area contributed by atoms with Gasteiger partial charge in [-0.15, -0.1) is 0 Å². The molecule has 5 heteroatoms. The lowest BCUT2D eigenvalue weighted by molar-refractivity contribution is 0.0625. The van der Waals surface area contributed by atoms with E-state index in [0.29, 0.717) is 0 Å². The molecule has 0 bridgehead atoms. The average Bonchev–Trinajstić information content (AvgIpc) is 3.22. The Hall–Kier alpha value is -1.59. The standard InChI is InChI=1S/C22H36N4O/c1-23-22(25(2)14-9-19-10-15-27-16-11-19)24-17-20-5-7-21(8-6-20)18-26-12-3-4-13-26/h5-8,19H,3-4,9-18H2,1-2H3,(H,23,24). The summed E-state index contributed by atoms with van der Waals surface area (Å²) >= 11 is 0. The molecule has 1 aromatic rings. The molecule has 2 aliphatic rings. The Morgan fingerprint density at radius 2 is 1.81 bits per heavy atom. The highest BCUT2D eigenvalue weighted by molar-refractivity contribution is 5.79. The van der Waals surface area contributed by atoms with E-state index in [0.717, 1.165) is 44.7 Å². The van der Waals surface area contributed by atoms with Gasteiger partial charge in [0.25, 0.3) is 0 Å². The average molecular weight is 373 g/mol. The van der Waals surface area contributed by atoms with E-state index in [-0.39, 0.29) is 0 Å². The highest BCUT2D eigenvalue weighted by atomic mass is 16.5. The molecule has 27 heavy (non-hydrogen) atoms. The minimum atomic E-state index is 0.794. The molecule has 1 N–H and O–H groups in total. The van der Waals surface area contributed by atoms with Crippen LogP contribution >= 0.6 is 0 Å². The summed E-state index contributed by atoms with van der Waals surface area (Å²) in [4.78, 5) is 9.24. The lowest BCUT2D eigenvalue weighted by atomic mass is 9.96. The highest BCUT2D eigenvalue weighted by Gasteiger charge is 2.15. The molecule has 150 valence electrons. The molecule has 0 spiro atoms. The summed E-state index contributed by atoms with van der Waals surface area (Å²) in [5.74, 6) is 1.77. The molecular weight excluding hydrogens is 336 g/mol. The van der Waals surface area contributed by atoms with Crippen LogP contribution in [0.4, 0.5) is 0 Å². The summed E-state index contributed by atoms with van der Waals surface area (Å²) in [7, 11) is 4.00. The fourth-order valence-corrected chi connectivity index (χ4v) is 4.04. The fraction of sp³-hybridized carbons (Fsp3) is 0.682. The number of benzene rings is 1. The Kier molecular flexibility index (Phi) is 7.96. The van der Waals surface area contributed by atoms with E-state index in [1.807, 2.05) is 7.05 Å². The van der Waals surface area contributed by atoms with Gasteiger partial charge in [-0.1, -0.05) is 24.3 Å². The van der Waals surface area contributed by atoms with E-state index >= 15 is 0 Å². The summed E-state index contributed by atoms with van der Waals surface area (Å²) in [6.45, 7) is 7.30. The zero-order chi connectivity index (χ0) is 18.9. The van der Waals surface area contributed by atoms with Gasteiger partial charge in [0, 0.05) is 46.9 Å². The molecule has 2 aliphatic heterocycles. The quantitative estimate of drug-likeness (QED) is 0.590. The van der Waals surface area contributed by atoms with Crippen molar-refractivity contribution in [3.05, 3.63) is 35.4 Å². The number of hydrogen-bond acceptors (Lipinski definition) is 3. The maximum Gasteiger partial charge on any atom is 0.193 e. The van der Waals surface area contributed by atoms with Crippen LogP contribution in [0.25, 0.3) is 0 Å². The lowest BCUT2D eigenvalue weighted by Crippen LogP contribution is -2.39. The second-order valence-corrected chi connectivity index (χ2v) is 7.97. The maximum atomic E-state index is 5.46. The number of aliphatic imine (C=N–C) groups is 1. The van der Waals surface area contributed by atoms with Crippen molar-refractivity contribution >= 4 is 5.96 Å². The van der Waals surface area contributed by atoms with Crippen molar-refractivity contribution in [2.45, 2.75) is 45.2 Å². The second kappa shape index (κ2) is 10.7. The first-order valence-corrected chi connectivity index (χ1v) is 10.5.